The monoisotopic (exact) mass is 478 g/mol. The molecule has 30 heavy (non-hydrogen) atoms. The van der Waals surface area contributed by atoms with Crippen molar-refractivity contribution < 1.29 is 21.2 Å². The maximum absolute atomic E-state index is 13.1. The van der Waals surface area contributed by atoms with Crippen LogP contribution >= 0.6 is 12.4 Å². The third-order valence-corrected chi connectivity index (χ3v) is 6.34. The van der Waals surface area contributed by atoms with Crippen molar-refractivity contribution in [1.82, 2.24) is 5.32 Å². The summed E-state index contributed by atoms with van der Waals surface area (Å²) >= 11 is 0. The largest absolute Gasteiger partial charge is 0.370 e. The Labute approximate surface area is 182 Å². The third-order valence-electron chi connectivity index (χ3n) is 4.37. The SMILES string of the molecule is CS(=O)(=O)Nc1cc(N2CCCNCC2)ccc1NS(=O)(=O)c1ccc(F)cc1.Cl. The third kappa shape index (κ3) is 6.46. The predicted octanol–water partition coefficient (Wildman–Crippen LogP) is 2.22. The smallest absolute Gasteiger partial charge is 0.261 e. The van der Waals surface area contributed by atoms with Crippen LogP contribution in [-0.4, -0.2) is 49.3 Å². The average Bonchev–Trinajstić information content (AvgIpc) is 2.91. The quantitative estimate of drug-likeness (QED) is 0.587. The van der Waals surface area contributed by atoms with E-state index in [1.54, 1.807) is 12.1 Å². The number of benzene rings is 2. The molecule has 1 aliphatic rings. The van der Waals surface area contributed by atoms with Crippen molar-refractivity contribution >= 4 is 49.5 Å². The zero-order chi connectivity index (χ0) is 21.1. The van der Waals surface area contributed by atoms with Gasteiger partial charge < -0.3 is 10.2 Å². The molecule has 0 atom stereocenters. The van der Waals surface area contributed by atoms with E-state index < -0.39 is 25.9 Å². The van der Waals surface area contributed by atoms with Crippen LogP contribution in [0.25, 0.3) is 0 Å². The fourth-order valence-corrected chi connectivity index (χ4v) is 4.67. The molecule has 0 bridgehead atoms. The standard InChI is InChI=1S/C18H23FN4O4S2.ClH/c1-28(24,25)21-18-13-15(23-11-2-9-20-10-12-23)5-8-17(18)22-29(26,27)16-6-3-14(19)4-7-16;/h3-8,13,20-22H,2,9-12H2,1H3;1H. The zero-order valence-electron chi connectivity index (χ0n) is 16.3. The number of anilines is 3. The molecule has 1 saturated heterocycles. The maximum atomic E-state index is 13.1. The van der Waals surface area contributed by atoms with Crippen LogP contribution in [0.2, 0.25) is 0 Å². The molecule has 8 nitrogen and oxygen atoms in total. The van der Waals surface area contributed by atoms with Crippen molar-refractivity contribution in [3.8, 4) is 0 Å². The molecular weight excluding hydrogens is 455 g/mol. The number of hydrogen-bond acceptors (Lipinski definition) is 6. The number of hydrogen-bond donors (Lipinski definition) is 3. The molecular formula is C18H24ClFN4O4S2. The summed E-state index contributed by atoms with van der Waals surface area (Å²) in [6.45, 7) is 3.25. The van der Waals surface area contributed by atoms with Gasteiger partial charge in [0, 0.05) is 25.3 Å². The van der Waals surface area contributed by atoms with Gasteiger partial charge in [-0.15, -0.1) is 12.4 Å². The minimum absolute atomic E-state index is 0. The van der Waals surface area contributed by atoms with Gasteiger partial charge in [0.15, 0.2) is 0 Å². The van der Waals surface area contributed by atoms with Crippen LogP contribution in [-0.2, 0) is 20.0 Å². The van der Waals surface area contributed by atoms with E-state index in [1.165, 1.54) is 6.07 Å². The molecule has 12 heteroatoms. The highest BCUT2D eigenvalue weighted by Gasteiger charge is 2.19. The summed E-state index contributed by atoms with van der Waals surface area (Å²) in [5.74, 6) is -0.556. The van der Waals surface area contributed by atoms with Gasteiger partial charge in [-0.05, 0) is 55.4 Å². The number of halogens is 2. The van der Waals surface area contributed by atoms with Gasteiger partial charge in [-0.2, -0.15) is 0 Å². The van der Waals surface area contributed by atoms with Crippen molar-refractivity contribution in [2.75, 3.05) is 46.8 Å². The first-order chi connectivity index (χ1) is 13.6. The Morgan fingerprint density at radius 2 is 1.63 bits per heavy atom. The molecule has 3 rings (SSSR count). The second-order valence-corrected chi connectivity index (χ2v) is 10.2. The van der Waals surface area contributed by atoms with Gasteiger partial charge in [-0.25, -0.2) is 21.2 Å². The number of sulfonamides is 2. The topological polar surface area (TPSA) is 108 Å². The van der Waals surface area contributed by atoms with E-state index in [4.69, 9.17) is 0 Å². The molecule has 0 amide bonds. The molecule has 0 saturated carbocycles. The molecule has 3 N–H and O–H groups in total. The highest BCUT2D eigenvalue weighted by Crippen LogP contribution is 2.31. The first kappa shape index (κ1) is 24.2. The Morgan fingerprint density at radius 3 is 2.30 bits per heavy atom. The Kier molecular flexibility index (Phi) is 7.92. The van der Waals surface area contributed by atoms with Crippen LogP contribution in [0, 0.1) is 5.82 Å². The molecule has 1 aliphatic heterocycles. The van der Waals surface area contributed by atoms with Gasteiger partial charge in [0.2, 0.25) is 10.0 Å². The molecule has 0 aliphatic carbocycles. The summed E-state index contributed by atoms with van der Waals surface area (Å²) in [5.41, 5.74) is 0.980. The second-order valence-electron chi connectivity index (χ2n) is 6.75. The van der Waals surface area contributed by atoms with Crippen LogP contribution in [0.15, 0.2) is 47.4 Å². The van der Waals surface area contributed by atoms with E-state index in [9.17, 15) is 21.2 Å². The van der Waals surface area contributed by atoms with Crippen molar-refractivity contribution in [2.24, 2.45) is 0 Å². The van der Waals surface area contributed by atoms with E-state index >= 15 is 0 Å². The number of nitrogens with zero attached hydrogens (tertiary/aromatic N) is 1. The van der Waals surface area contributed by atoms with Crippen LogP contribution < -0.4 is 19.7 Å². The van der Waals surface area contributed by atoms with Gasteiger partial charge in [-0.1, -0.05) is 0 Å². The molecule has 1 heterocycles. The fraction of sp³-hybridized carbons (Fsp3) is 0.333. The Morgan fingerprint density at radius 1 is 0.933 bits per heavy atom. The first-order valence-electron chi connectivity index (χ1n) is 9.00. The molecule has 0 aromatic heterocycles. The van der Waals surface area contributed by atoms with Gasteiger partial charge in [-0.3, -0.25) is 9.44 Å². The zero-order valence-corrected chi connectivity index (χ0v) is 18.7. The van der Waals surface area contributed by atoms with Gasteiger partial charge in [0.05, 0.1) is 22.5 Å². The van der Waals surface area contributed by atoms with Crippen LogP contribution in [0.5, 0.6) is 0 Å². The summed E-state index contributed by atoms with van der Waals surface area (Å²) in [5, 5.41) is 3.29. The van der Waals surface area contributed by atoms with Crippen molar-refractivity contribution in [3.05, 3.63) is 48.3 Å². The maximum Gasteiger partial charge on any atom is 0.261 e. The first-order valence-corrected chi connectivity index (χ1v) is 12.4. The summed E-state index contributed by atoms with van der Waals surface area (Å²) < 4.78 is 66.7. The molecule has 0 radical (unpaired) electrons. The van der Waals surface area contributed by atoms with E-state index in [2.05, 4.69) is 19.7 Å². The van der Waals surface area contributed by atoms with E-state index in [1.807, 2.05) is 0 Å². The minimum atomic E-state index is -4.03. The lowest BCUT2D eigenvalue weighted by Gasteiger charge is -2.24. The lowest BCUT2D eigenvalue weighted by atomic mass is 10.2. The van der Waals surface area contributed by atoms with E-state index in [-0.39, 0.29) is 28.7 Å². The number of rotatable bonds is 6. The summed E-state index contributed by atoms with van der Waals surface area (Å²) in [6, 6.07) is 9.22. The average molecular weight is 479 g/mol. The Balaban J connectivity index is 0.00000320. The highest BCUT2D eigenvalue weighted by atomic mass is 35.5. The lowest BCUT2D eigenvalue weighted by molar-refractivity contribution is 0.599. The normalized spacial score (nSPS) is 15.1. The van der Waals surface area contributed by atoms with Gasteiger partial charge >= 0.3 is 0 Å². The molecule has 2 aromatic rings. The number of nitrogens with one attached hydrogen (secondary N) is 3. The van der Waals surface area contributed by atoms with Crippen LogP contribution in [0.3, 0.4) is 0 Å². The van der Waals surface area contributed by atoms with Crippen LogP contribution in [0.1, 0.15) is 6.42 Å². The summed E-state index contributed by atoms with van der Waals surface area (Å²) in [4.78, 5) is 1.97. The molecule has 0 unspecified atom stereocenters. The minimum Gasteiger partial charge on any atom is -0.370 e. The Bertz CT molecular complexity index is 1070. The van der Waals surface area contributed by atoms with E-state index in [0.29, 0.717) is 0 Å². The van der Waals surface area contributed by atoms with Crippen molar-refractivity contribution in [1.29, 1.82) is 0 Å². The molecule has 0 spiro atoms. The fourth-order valence-electron chi connectivity index (χ4n) is 3.02. The van der Waals surface area contributed by atoms with E-state index in [0.717, 1.165) is 68.8 Å². The van der Waals surface area contributed by atoms with Crippen LogP contribution in [0.4, 0.5) is 21.5 Å². The second kappa shape index (κ2) is 9.82. The van der Waals surface area contributed by atoms with Crippen molar-refractivity contribution in [3.63, 3.8) is 0 Å². The molecule has 2 aromatic carbocycles. The summed E-state index contributed by atoms with van der Waals surface area (Å²) in [7, 11) is -7.67. The Hall–Kier alpha value is -2.08. The van der Waals surface area contributed by atoms with Gasteiger partial charge in [0.25, 0.3) is 10.0 Å². The lowest BCUT2D eigenvalue weighted by Crippen LogP contribution is -2.28. The highest BCUT2D eigenvalue weighted by molar-refractivity contribution is 7.93. The molecule has 1 fully saturated rings. The summed E-state index contributed by atoms with van der Waals surface area (Å²) in [6.07, 6.45) is 1.93. The van der Waals surface area contributed by atoms with Crippen molar-refractivity contribution in [2.45, 2.75) is 11.3 Å². The van der Waals surface area contributed by atoms with Gasteiger partial charge in [0.1, 0.15) is 5.82 Å². The molecule has 166 valence electrons. The predicted molar refractivity (Wildman–Crippen MR) is 119 cm³/mol.